The van der Waals surface area contributed by atoms with Gasteiger partial charge >= 0.3 is 5.97 Å². The Morgan fingerprint density at radius 1 is 0.943 bits per heavy atom. The van der Waals surface area contributed by atoms with E-state index in [-0.39, 0.29) is 11.9 Å². The van der Waals surface area contributed by atoms with Crippen molar-refractivity contribution in [2.75, 3.05) is 31.3 Å². The molecule has 0 N–H and O–H groups in total. The van der Waals surface area contributed by atoms with Crippen molar-refractivity contribution in [3.63, 3.8) is 0 Å². The van der Waals surface area contributed by atoms with Crippen LogP contribution in [-0.2, 0) is 20.8 Å². The molecule has 1 aliphatic rings. The normalized spacial score (nSPS) is 15.1. The SMILES string of the molecule is CCOC(=O)/C(=C\c1ccc(OCC2CN(Cc3ccccc3)c3ccccc3O2)cc1)OCC. The summed E-state index contributed by atoms with van der Waals surface area (Å²) in [5, 5.41) is 0. The van der Waals surface area contributed by atoms with Crippen LogP contribution >= 0.6 is 0 Å². The van der Waals surface area contributed by atoms with Gasteiger partial charge in [-0.05, 0) is 55.3 Å². The lowest BCUT2D eigenvalue weighted by atomic mass is 10.1. The molecular formula is C29H31NO5. The Kier molecular flexibility index (Phi) is 8.28. The summed E-state index contributed by atoms with van der Waals surface area (Å²) in [5.74, 6) is 1.32. The van der Waals surface area contributed by atoms with E-state index in [4.69, 9.17) is 18.9 Å². The Hall–Kier alpha value is -3.93. The number of para-hydroxylation sites is 2. The van der Waals surface area contributed by atoms with Crippen LogP contribution in [0.3, 0.4) is 0 Å². The first kappa shape index (κ1) is 24.2. The van der Waals surface area contributed by atoms with E-state index in [0.717, 1.165) is 35.8 Å². The highest BCUT2D eigenvalue weighted by Crippen LogP contribution is 2.34. The smallest absolute Gasteiger partial charge is 0.373 e. The summed E-state index contributed by atoms with van der Waals surface area (Å²) in [6.07, 6.45) is 1.56. The van der Waals surface area contributed by atoms with Crippen LogP contribution in [0.4, 0.5) is 5.69 Å². The monoisotopic (exact) mass is 473 g/mol. The van der Waals surface area contributed by atoms with Crippen molar-refractivity contribution >= 4 is 17.7 Å². The van der Waals surface area contributed by atoms with Crippen LogP contribution in [0, 0.1) is 0 Å². The third-order valence-corrected chi connectivity index (χ3v) is 5.53. The van der Waals surface area contributed by atoms with Gasteiger partial charge < -0.3 is 23.8 Å². The summed E-state index contributed by atoms with van der Waals surface area (Å²) >= 11 is 0. The summed E-state index contributed by atoms with van der Waals surface area (Å²) in [6.45, 7) is 6.23. The minimum Gasteiger partial charge on any atom is -0.490 e. The second-order valence-corrected chi connectivity index (χ2v) is 8.12. The third kappa shape index (κ3) is 6.57. The van der Waals surface area contributed by atoms with E-state index < -0.39 is 5.97 Å². The molecule has 182 valence electrons. The molecule has 0 fully saturated rings. The van der Waals surface area contributed by atoms with E-state index >= 15 is 0 Å². The molecule has 0 bridgehead atoms. The van der Waals surface area contributed by atoms with Crippen molar-refractivity contribution in [2.45, 2.75) is 26.5 Å². The van der Waals surface area contributed by atoms with Gasteiger partial charge in [0.15, 0.2) is 6.10 Å². The van der Waals surface area contributed by atoms with Crippen molar-refractivity contribution < 1.29 is 23.7 Å². The summed E-state index contributed by atoms with van der Waals surface area (Å²) < 4.78 is 22.8. The number of benzene rings is 3. The van der Waals surface area contributed by atoms with E-state index in [2.05, 4.69) is 35.2 Å². The van der Waals surface area contributed by atoms with Gasteiger partial charge in [0.1, 0.15) is 18.1 Å². The number of ether oxygens (including phenoxy) is 4. The Labute approximate surface area is 206 Å². The molecule has 3 aromatic rings. The summed E-state index contributed by atoms with van der Waals surface area (Å²) in [6, 6.07) is 26.1. The molecule has 0 aromatic heterocycles. The van der Waals surface area contributed by atoms with Crippen LogP contribution in [0.5, 0.6) is 11.5 Å². The van der Waals surface area contributed by atoms with Crippen molar-refractivity contribution in [1.29, 1.82) is 0 Å². The van der Waals surface area contributed by atoms with Gasteiger partial charge in [0.2, 0.25) is 5.76 Å². The maximum Gasteiger partial charge on any atom is 0.373 e. The molecule has 35 heavy (non-hydrogen) atoms. The number of rotatable bonds is 10. The van der Waals surface area contributed by atoms with E-state index in [1.165, 1.54) is 5.56 Å². The molecule has 4 rings (SSSR count). The predicted octanol–water partition coefficient (Wildman–Crippen LogP) is 5.47. The number of carbonyl (C=O) groups is 1. The minimum atomic E-state index is -0.468. The lowest BCUT2D eigenvalue weighted by Gasteiger charge is -2.36. The van der Waals surface area contributed by atoms with E-state index in [1.54, 1.807) is 13.0 Å². The second kappa shape index (κ2) is 12.0. The third-order valence-electron chi connectivity index (χ3n) is 5.53. The van der Waals surface area contributed by atoms with Crippen LogP contribution in [-0.4, -0.2) is 38.4 Å². The maximum atomic E-state index is 12.1. The standard InChI is InChI=1S/C29H31NO5/c1-3-32-28(29(31)33-4-2)18-22-14-16-24(17-15-22)34-21-25-20-30(19-23-10-6-5-7-11-23)26-12-8-9-13-27(26)35-25/h5-18,25H,3-4,19-21H2,1-2H3/b28-18+. The molecule has 1 atom stereocenters. The lowest BCUT2D eigenvalue weighted by molar-refractivity contribution is -0.142. The zero-order valence-electron chi connectivity index (χ0n) is 20.2. The minimum absolute atomic E-state index is 0.110. The molecule has 0 aliphatic carbocycles. The fourth-order valence-electron chi connectivity index (χ4n) is 3.94. The summed E-state index contributed by atoms with van der Waals surface area (Å²) in [4.78, 5) is 14.4. The largest absolute Gasteiger partial charge is 0.490 e. The quantitative estimate of drug-likeness (QED) is 0.221. The van der Waals surface area contributed by atoms with Crippen LogP contribution in [0.1, 0.15) is 25.0 Å². The number of anilines is 1. The molecule has 0 saturated carbocycles. The van der Waals surface area contributed by atoms with Gasteiger partial charge in [-0.1, -0.05) is 54.6 Å². The van der Waals surface area contributed by atoms with Crippen LogP contribution in [0.15, 0.2) is 84.6 Å². The predicted molar refractivity (Wildman–Crippen MR) is 137 cm³/mol. The zero-order valence-corrected chi connectivity index (χ0v) is 20.2. The van der Waals surface area contributed by atoms with Gasteiger partial charge in [0.05, 0.1) is 25.4 Å². The van der Waals surface area contributed by atoms with Crippen LogP contribution in [0.2, 0.25) is 0 Å². The van der Waals surface area contributed by atoms with E-state index in [1.807, 2.05) is 55.5 Å². The highest BCUT2D eigenvalue weighted by molar-refractivity contribution is 5.91. The first-order chi connectivity index (χ1) is 17.2. The molecule has 0 saturated heterocycles. The van der Waals surface area contributed by atoms with E-state index in [9.17, 15) is 4.79 Å². The maximum absolute atomic E-state index is 12.1. The Bertz CT molecular complexity index is 1130. The highest BCUT2D eigenvalue weighted by Gasteiger charge is 2.26. The van der Waals surface area contributed by atoms with Gasteiger partial charge in [0.25, 0.3) is 0 Å². The number of hydrogen-bond donors (Lipinski definition) is 0. The summed E-state index contributed by atoms with van der Waals surface area (Å²) in [5.41, 5.74) is 3.17. The van der Waals surface area contributed by atoms with Gasteiger partial charge in [-0.2, -0.15) is 0 Å². The molecule has 6 heteroatoms. The highest BCUT2D eigenvalue weighted by atomic mass is 16.6. The number of nitrogens with zero attached hydrogens (tertiary/aromatic N) is 1. The zero-order chi connectivity index (χ0) is 24.5. The Morgan fingerprint density at radius 3 is 2.40 bits per heavy atom. The van der Waals surface area contributed by atoms with Gasteiger partial charge in [-0.25, -0.2) is 4.79 Å². The van der Waals surface area contributed by atoms with Crippen molar-refractivity contribution in [3.05, 3.63) is 95.7 Å². The van der Waals surface area contributed by atoms with Gasteiger partial charge in [-0.15, -0.1) is 0 Å². The molecule has 1 heterocycles. The van der Waals surface area contributed by atoms with Crippen molar-refractivity contribution in [2.24, 2.45) is 0 Å². The van der Waals surface area contributed by atoms with Gasteiger partial charge in [0, 0.05) is 6.54 Å². The number of hydrogen-bond acceptors (Lipinski definition) is 6. The number of esters is 1. The van der Waals surface area contributed by atoms with Crippen LogP contribution < -0.4 is 14.4 Å². The molecule has 0 radical (unpaired) electrons. The molecule has 1 unspecified atom stereocenters. The average molecular weight is 474 g/mol. The first-order valence-corrected chi connectivity index (χ1v) is 11.9. The molecule has 6 nitrogen and oxygen atoms in total. The fourth-order valence-corrected chi connectivity index (χ4v) is 3.94. The topological polar surface area (TPSA) is 57.2 Å². The Morgan fingerprint density at radius 2 is 1.66 bits per heavy atom. The fraction of sp³-hybridized carbons (Fsp3) is 0.276. The van der Waals surface area contributed by atoms with Crippen molar-refractivity contribution in [3.8, 4) is 11.5 Å². The van der Waals surface area contributed by atoms with Crippen LogP contribution in [0.25, 0.3) is 6.08 Å². The molecule has 0 amide bonds. The molecular weight excluding hydrogens is 442 g/mol. The van der Waals surface area contributed by atoms with Gasteiger partial charge in [-0.3, -0.25) is 0 Å². The number of fused-ring (bicyclic) bond motifs is 1. The second-order valence-electron chi connectivity index (χ2n) is 8.12. The van der Waals surface area contributed by atoms with Crippen molar-refractivity contribution in [1.82, 2.24) is 0 Å². The summed E-state index contributed by atoms with van der Waals surface area (Å²) in [7, 11) is 0. The average Bonchev–Trinajstić information content (AvgIpc) is 2.89. The molecule has 3 aromatic carbocycles. The lowest BCUT2D eigenvalue weighted by Crippen LogP contribution is -2.42. The Balaban J connectivity index is 1.40. The van der Waals surface area contributed by atoms with E-state index in [0.29, 0.717) is 19.8 Å². The first-order valence-electron chi connectivity index (χ1n) is 11.9. The molecule has 1 aliphatic heterocycles. The number of carbonyl (C=O) groups excluding carboxylic acids is 1. The molecule has 0 spiro atoms.